The number of halogens is 1. The molecule has 0 spiro atoms. The second-order valence-corrected chi connectivity index (χ2v) is 7.51. The highest BCUT2D eigenvalue weighted by Crippen LogP contribution is 2.38. The van der Waals surface area contributed by atoms with E-state index in [2.05, 4.69) is 29.1 Å². The predicted octanol–water partition coefficient (Wildman–Crippen LogP) is 3.70. The lowest BCUT2D eigenvalue weighted by atomic mass is 9.83. The maximum Gasteiger partial charge on any atom is 0.342 e. The maximum absolute atomic E-state index is 12.5. The number of hydrogen-bond donors (Lipinski definition) is 2. The van der Waals surface area contributed by atoms with Gasteiger partial charge in [0.05, 0.1) is 39.1 Å². The van der Waals surface area contributed by atoms with Gasteiger partial charge in [-0.3, -0.25) is 0 Å². The van der Waals surface area contributed by atoms with Crippen LogP contribution >= 0.6 is 11.6 Å². The zero-order valence-electron chi connectivity index (χ0n) is 14.6. The fraction of sp³-hybridized carbons (Fsp3) is 0.444. The lowest BCUT2D eigenvalue weighted by molar-refractivity contribution is -0.140. The Hall–Kier alpha value is -2.01. The van der Waals surface area contributed by atoms with Gasteiger partial charge in [0.2, 0.25) is 0 Å². The number of rotatable bonds is 2. The van der Waals surface area contributed by atoms with Crippen LogP contribution in [-0.2, 0) is 14.9 Å². The average Bonchev–Trinajstić information content (AvgIpc) is 2.75. The molecular formula is C18H22ClN3O2. The van der Waals surface area contributed by atoms with E-state index in [1.165, 1.54) is 0 Å². The van der Waals surface area contributed by atoms with Crippen molar-refractivity contribution in [3.63, 3.8) is 0 Å². The Morgan fingerprint density at radius 2 is 2.12 bits per heavy atom. The molecule has 2 N–H and O–H groups in total. The summed E-state index contributed by atoms with van der Waals surface area (Å²) in [6.45, 7) is 10.5. The van der Waals surface area contributed by atoms with Gasteiger partial charge in [-0.1, -0.05) is 25.4 Å². The summed E-state index contributed by atoms with van der Waals surface area (Å²) in [5.74, 6) is -0.356. The molecule has 128 valence electrons. The molecule has 0 radical (unpaired) electrons. The van der Waals surface area contributed by atoms with Crippen LogP contribution in [-0.4, -0.2) is 28.6 Å². The number of pyridine rings is 1. The largest absolute Gasteiger partial charge is 0.459 e. The number of ether oxygens (including phenoxy) is 1. The summed E-state index contributed by atoms with van der Waals surface area (Å²) in [5, 5.41) is 3.83. The SMILES string of the molecule is Cc1nc2c3c([nH]c2cc1Cl)C(C(=O)OC(C)C)=CNCC3(C)C. The van der Waals surface area contributed by atoms with E-state index < -0.39 is 0 Å². The number of carbonyl (C=O) groups excluding carboxylic acids is 1. The first-order valence-electron chi connectivity index (χ1n) is 8.05. The third kappa shape index (κ3) is 2.77. The molecule has 0 aliphatic carbocycles. The van der Waals surface area contributed by atoms with Crippen molar-refractivity contribution in [1.82, 2.24) is 15.3 Å². The van der Waals surface area contributed by atoms with Gasteiger partial charge in [0, 0.05) is 23.7 Å². The van der Waals surface area contributed by atoms with E-state index in [9.17, 15) is 4.79 Å². The van der Waals surface area contributed by atoms with Gasteiger partial charge < -0.3 is 15.0 Å². The van der Waals surface area contributed by atoms with Crippen LogP contribution in [0.4, 0.5) is 0 Å². The fourth-order valence-electron chi connectivity index (χ4n) is 3.05. The number of carbonyl (C=O) groups is 1. The topological polar surface area (TPSA) is 67.0 Å². The van der Waals surface area contributed by atoms with Crippen molar-refractivity contribution in [2.75, 3.05) is 6.54 Å². The van der Waals surface area contributed by atoms with Crippen LogP contribution in [0.2, 0.25) is 5.02 Å². The molecule has 5 nitrogen and oxygen atoms in total. The minimum absolute atomic E-state index is 0.183. The quantitative estimate of drug-likeness (QED) is 0.813. The molecule has 6 heteroatoms. The van der Waals surface area contributed by atoms with Crippen molar-refractivity contribution >= 4 is 34.2 Å². The van der Waals surface area contributed by atoms with Crippen LogP contribution in [0, 0.1) is 6.92 Å². The lowest BCUT2D eigenvalue weighted by Gasteiger charge is -2.23. The number of aromatic nitrogens is 2. The van der Waals surface area contributed by atoms with E-state index in [0.717, 1.165) is 28.0 Å². The van der Waals surface area contributed by atoms with E-state index in [1.807, 2.05) is 26.8 Å². The number of esters is 1. The van der Waals surface area contributed by atoms with Crippen molar-refractivity contribution in [2.45, 2.75) is 46.1 Å². The molecule has 0 atom stereocenters. The molecule has 0 saturated carbocycles. The Kier molecular flexibility index (Phi) is 4.08. The Labute approximate surface area is 146 Å². The lowest BCUT2D eigenvalue weighted by Crippen LogP contribution is -2.29. The zero-order chi connectivity index (χ0) is 17.6. The molecular weight excluding hydrogens is 326 g/mol. The van der Waals surface area contributed by atoms with Gasteiger partial charge in [-0.25, -0.2) is 9.78 Å². The summed E-state index contributed by atoms with van der Waals surface area (Å²) in [7, 11) is 0. The molecule has 24 heavy (non-hydrogen) atoms. The normalized spacial score (nSPS) is 16.4. The summed E-state index contributed by atoms with van der Waals surface area (Å²) in [5.41, 5.74) is 4.48. The van der Waals surface area contributed by atoms with Crippen LogP contribution < -0.4 is 5.32 Å². The van der Waals surface area contributed by atoms with E-state index >= 15 is 0 Å². The second-order valence-electron chi connectivity index (χ2n) is 7.10. The van der Waals surface area contributed by atoms with Crippen LogP contribution in [0.1, 0.15) is 44.6 Å². The summed E-state index contributed by atoms with van der Waals surface area (Å²) < 4.78 is 5.40. The van der Waals surface area contributed by atoms with Crippen LogP contribution in [0.25, 0.3) is 16.6 Å². The van der Waals surface area contributed by atoms with Gasteiger partial charge in [0.25, 0.3) is 0 Å². The zero-order valence-corrected chi connectivity index (χ0v) is 15.3. The molecule has 2 aromatic heterocycles. The van der Waals surface area contributed by atoms with Gasteiger partial charge in [-0.05, 0) is 26.8 Å². The Morgan fingerprint density at radius 1 is 1.42 bits per heavy atom. The molecule has 0 fully saturated rings. The summed E-state index contributed by atoms with van der Waals surface area (Å²) >= 11 is 6.22. The highest BCUT2D eigenvalue weighted by Gasteiger charge is 2.34. The van der Waals surface area contributed by atoms with Crippen molar-refractivity contribution in [2.24, 2.45) is 0 Å². The number of nitrogens with zero attached hydrogens (tertiary/aromatic N) is 1. The molecule has 3 rings (SSSR count). The number of fused-ring (bicyclic) bond motifs is 3. The first kappa shape index (κ1) is 16.8. The monoisotopic (exact) mass is 347 g/mol. The third-order valence-corrected chi connectivity index (χ3v) is 4.58. The van der Waals surface area contributed by atoms with Gasteiger partial charge in [0.15, 0.2) is 0 Å². The summed E-state index contributed by atoms with van der Waals surface area (Å²) in [4.78, 5) is 20.5. The molecule has 0 unspecified atom stereocenters. The number of aryl methyl sites for hydroxylation is 1. The van der Waals surface area contributed by atoms with Crippen LogP contribution in [0.5, 0.6) is 0 Å². The van der Waals surface area contributed by atoms with Gasteiger partial charge in [0.1, 0.15) is 0 Å². The number of nitrogens with one attached hydrogen (secondary N) is 2. The third-order valence-electron chi connectivity index (χ3n) is 4.20. The number of aromatic amines is 1. The highest BCUT2D eigenvalue weighted by molar-refractivity contribution is 6.31. The van der Waals surface area contributed by atoms with Crippen molar-refractivity contribution in [1.29, 1.82) is 0 Å². The van der Waals surface area contributed by atoms with Gasteiger partial charge in [-0.15, -0.1) is 0 Å². The molecule has 3 heterocycles. The first-order valence-corrected chi connectivity index (χ1v) is 8.42. The van der Waals surface area contributed by atoms with Crippen molar-refractivity contribution < 1.29 is 9.53 Å². The standard InChI is InChI=1S/C18H22ClN3O2/c1-9(2)24-17(23)11-7-20-8-18(4,5)14-15(11)22-13-6-12(19)10(3)21-16(13)14/h6-7,9,20,22H,8H2,1-5H3. The molecule has 0 aromatic carbocycles. The van der Waals surface area contributed by atoms with Crippen molar-refractivity contribution in [3.8, 4) is 0 Å². The molecule has 0 amide bonds. The Bertz CT molecular complexity index is 850. The fourth-order valence-corrected chi connectivity index (χ4v) is 3.20. The van der Waals surface area contributed by atoms with E-state index in [4.69, 9.17) is 16.3 Å². The Morgan fingerprint density at radius 3 is 2.79 bits per heavy atom. The van der Waals surface area contributed by atoms with Crippen LogP contribution in [0.3, 0.4) is 0 Å². The molecule has 0 bridgehead atoms. The summed E-state index contributed by atoms with van der Waals surface area (Å²) in [6, 6.07) is 1.86. The highest BCUT2D eigenvalue weighted by atomic mass is 35.5. The number of H-pyrrole nitrogens is 1. The molecule has 1 aliphatic rings. The van der Waals surface area contributed by atoms with Crippen LogP contribution in [0.15, 0.2) is 12.3 Å². The van der Waals surface area contributed by atoms with E-state index in [-0.39, 0.29) is 17.5 Å². The van der Waals surface area contributed by atoms with Crippen molar-refractivity contribution in [3.05, 3.63) is 34.2 Å². The molecule has 1 aliphatic heterocycles. The van der Waals surface area contributed by atoms with Gasteiger partial charge >= 0.3 is 5.97 Å². The maximum atomic E-state index is 12.5. The predicted molar refractivity (Wildman–Crippen MR) is 96.1 cm³/mol. The average molecular weight is 348 g/mol. The second kappa shape index (κ2) is 5.81. The molecule has 2 aromatic rings. The minimum atomic E-state index is -0.356. The Balaban J connectivity index is 2.26. The first-order chi connectivity index (χ1) is 11.2. The smallest absolute Gasteiger partial charge is 0.342 e. The van der Waals surface area contributed by atoms with E-state index in [0.29, 0.717) is 17.1 Å². The minimum Gasteiger partial charge on any atom is -0.459 e. The number of hydrogen-bond acceptors (Lipinski definition) is 4. The van der Waals surface area contributed by atoms with Gasteiger partial charge in [-0.2, -0.15) is 0 Å². The van der Waals surface area contributed by atoms with E-state index in [1.54, 1.807) is 6.20 Å². The molecule has 0 saturated heterocycles. The summed E-state index contributed by atoms with van der Waals surface area (Å²) in [6.07, 6.45) is 1.54.